The molecule has 0 saturated heterocycles. The van der Waals surface area contributed by atoms with Crippen molar-refractivity contribution in [2.45, 2.75) is 19.4 Å². The van der Waals surface area contributed by atoms with Crippen LogP contribution in [0.4, 0.5) is 5.82 Å². The quantitative estimate of drug-likeness (QED) is 0.783. The molecule has 0 aromatic carbocycles. The lowest BCUT2D eigenvalue weighted by atomic mass is 10.3. The fourth-order valence-corrected chi connectivity index (χ4v) is 1.33. The molecule has 1 heterocycles. The zero-order chi connectivity index (χ0) is 8.97. The Morgan fingerprint density at radius 2 is 2.42 bits per heavy atom. The SMILES string of the molecule is CCC(O)CNc1nsnc1Cl. The molecule has 0 aliphatic heterocycles. The van der Waals surface area contributed by atoms with Crippen molar-refractivity contribution in [2.75, 3.05) is 11.9 Å². The topological polar surface area (TPSA) is 58.0 Å². The van der Waals surface area contributed by atoms with Crippen molar-refractivity contribution >= 4 is 29.1 Å². The summed E-state index contributed by atoms with van der Waals surface area (Å²) in [6.07, 6.45) is 0.352. The Morgan fingerprint density at radius 3 is 2.92 bits per heavy atom. The van der Waals surface area contributed by atoms with E-state index < -0.39 is 0 Å². The summed E-state index contributed by atoms with van der Waals surface area (Å²) in [7, 11) is 0. The first-order valence-electron chi connectivity index (χ1n) is 3.64. The van der Waals surface area contributed by atoms with E-state index >= 15 is 0 Å². The van der Waals surface area contributed by atoms with Crippen LogP contribution in [-0.2, 0) is 0 Å². The van der Waals surface area contributed by atoms with Crippen LogP contribution in [-0.4, -0.2) is 26.5 Å². The Hall–Kier alpha value is -0.390. The molecule has 68 valence electrons. The molecule has 0 aliphatic carbocycles. The molecule has 0 amide bonds. The van der Waals surface area contributed by atoms with Crippen LogP contribution >= 0.6 is 23.3 Å². The molecule has 0 radical (unpaired) electrons. The van der Waals surface area contributed by atoms with Crippen molar-refractivity contribution in [3.63, 3.8) is 0 Å². The molecular weight excluding hydrogens is 198 g/mol. The lowest BCUT2D eigenvalue weighted by molar-refractivity contribution is 0.183. The van der Waals surface area contributed by atoms with Gasteiger partial charge >= 0.3 is 0 Å². The summed E-state index contributed by atoms with van der Waals surface area (Å²) in [5.41, 5.74) is 0. The molecule has 2 N–H and O–H groups in total. The van der Waals surface area contributed by atoms with Crippen molar-refractivity contribution in [1.29, 1.82) is 0 Å². The highest BCUT2D eigenvalue weighted by Gasteiger charge is 2.06. The van der Waals surface area contributed by atoms with Gasteiger partial charge in [-0.2, -0.15) is 8.75 Å². The van der Waals surface area contributed by atoms with Gasteiger partial charge in [-0.15, -0.1) is 0 Å². The van der Waals surface area contributed by atoms with Gasteiger partial charge in [0.2, 0.25) is 0 Å². The third-order valence-electron chi connectivity index (χ3n) is 1.42. The number of nitrogens with zero attached hydrogens (tertiary/aromatic N) is 2. The van der Waals surface area contributed by atoms with Crippen LogP contribution in [0.2, 0.25) is 5.15 Å². The Balaban J connectivity index is 2.38. The summed E-state index contributed by atoms with van der Waals surface area (Å²) in [6.45, 7) is 2.37. The second-order valence-corrected chi connectivity index (χ2v) is 3.23. The normalized spacial score (nSPS) is 12.9. The van der Waals surface area contributed by atoms with E-state index in [0.717, 1.165) is 11.7 Å². The molecule has 6 heteroatoms. The minimum absolute atomic E-state index is 0.359. The summed E-state index contributed by atoms with van der Waals surface area (Å²) >= 11 is 6.71. The summed E-state index contributed by atoms with van der Waals surface area (Å²) in [4.78, 5) is 0. The molecule has 4 nitrogen and oxygen atoms in total. The summed E-state index contributed by atoms with van der Waals surface area (Å²) < 4.78 is 7.67. The Bertz CT molecular complexity index is 242. The zero-order valence-electron chi connectivity index (χ0n) is 6.62. The third kappa shape index (κ3) is 2.58. The number of hydrogen-bond acceptors (Lipinski definition) is 5. The van der Waals surface area contributed by atoms with Crippen LogP contribution in [0.25, 0.3) is 0 Å². The number of hydrogen-bond donors (Lipinski definition) is 2. The summed E-state index contributed by atoms with van der Waals surface area (Å²) in [5.74, 6) is 0.550. The molecule has 1 rings (SSSR count). The molecule has 12 heavy (non-hydrogen) atoms. The fourth-order valence-electron chi connectivity index (χ4n) is 0.642. The average Bonchev–Trinajstić information content (AvgIpc) is 2.47. The molecule has 0 bridgehead atoms. The smallest absolute Gasteiger partial charge is 0.186 e. The fraction of sp³-hybridized carbons (Fsp3) is 0.667. The van der Waals surface area contributed by atoms with E-state index in [0.29, 0.717) is 23.9 Å². The number of rotatable bonds is 4. The lowest BCUT2D eigenvalue weighted by Crippen LogP contribution is -2.18. The first kappa shape index (κ1) is 9.70. The van der Waals surface area contributed by atoms with Gasteiger partial charge in [-0.1, -0.05) is 18.5 Å². The van der Waals surface area contributed by atoms with E-state index in [9.17, 15) is 5.11 Å². The number of nitrogens with one attached hydrogen (secondary N) is 1. The molecule has 1 aromatic heterocycles. The van der Waals surface area contributed by atoms with Crippen molar-refractivity contribution < 1.29 is 5.11 Å². The Labute approximate surface area is 79.9 Å². The maximum absolute atomic E-state index is 9.20. The molecule has 1 atom stereocenters. The second kappa shape index (κ2) is 4.59. The van der Waals surface area contributed by atoms with Gasteiger partial charge in [0, 0.05) is 6.54 Å². The molecule has 1 aromatic rings. The maximum atomic E-state index is 9.20. The van der Waals surface area contributed by atoms with Crippen molar-refractivity contribution in [3.8, 4) is 0 Å². The zero-order valence-corrected chi connectivity index (χ0v) is 8.19. The van der Waals surface area contributed by atoms with E-state index in [1.165, 1.54) is 0 Å². The van der Waals surface area contributed by atoms with Gasteiger partial charge in [0.05, 0.1) is 17.8 Å². The Morgan fingerprint density at radius 1 is 1.67 bits per heavy atom. The minimum atomic E-state index is -0.359. The molecule has 0 saturated carbocycles. The van der Waals surface area contributed by atoms with E-state index in [-0.39, 0.29) is 6.10 Å². The standard InChI is InChI=1S/C6H10ClN3OS/c1-2-4(11)3-8-6-5(7)9-12-10-6/h4,11H,2-3H2,1H3,(H,8,10). The number of anilines is 1. The van der Waals surface area contributed by atoms with E-state index in [4.69, 9.17) is 11.6 Å². The largest absolute Gasteiger partial charge is 0.391 e. The molecule has 0 spiro atoms. The Kier molecular flexibility index (Phi) is 3.71. The van der Waals surface area contributed by atoms with Gasteiger partial charge in [0.25, 0.3) is 0 Å². The first-order chi connectivity index (χ1) is 5.74. The number of aliphatic hydroxyl groups excluding tert-OH is 1. The van der Waals surface area contributed by atoms with Crippen LogP contribution in [0.3, 0.4) is 0 Å². The molecular formula is C6H10ClN3OS. The minimum Gasteiger partial charge on any atom is -0.391 e. The van der Waals surface area contributed by atoms with Gasteiger partial charge in [0.1, 0.15) is 0 Å². The monoisotopic (exact) mass is 207 g/mol. The van der Waals surface area contributed by atoms with Gasteiger partial charge < -0.3 is 10.4 Å². The van der Waals surface area contributed by atoms with Crippen molar-refractivity contribution in [1.82, 2.24) is 8.75 Å². The number of aromatic nitrogens is 2. The highest BCUT2D eigenvalue weighted by Crippen LogP contribution is 2.17. The van der Waals surface area contributed by atoms with Crippen LogP contribution in [0, 0.1) is 0 Å². The van der Waals surface area contributed by atoms with Gasteiger partial charge in [-0.25, -0.2) is 0 Å². The van der Waals surface area contributed by atoms with Crippen molar-refractivity contribution in [2.24, 2.45) is 0 Å². The summed E-state index contributed by atoms with van der Waals surface area (Å²) in [5, 5.41) is 12.5. The predicted molar refractivity (Wildman–Crippen MR) is 49.7 cm³/mol. The highest BCUT2D eigenvalue weighted by atomic mass is 35.5. The lowest BCUT2D eigenvalue weighted by Gasteiger charge is -2.07. The van der Waals surface area contributed by atoms with Gasteiger partial charge in [-0.3, -0.25) is 0 Å². The molecule has 0 aliphatic rings. The van der Waals surface area contributed by atoms with Gasteiger partial charge in [0.15, 0.2) is 11.0 Å². The van der Waals surface area contributed by atoms with Gasteiger partial charge in [-0.05, 0) is 6.42 Å². The summed E-state index contributed by atoms with van der Waals surface area (Å²) in [6, 6.07) is 0. The van der Waals surface area contributed by atoms with Crippen LogP contribution in [0.5, 0.6) is 0 Å². The van der Waals surface area contributed by atoms with Crippen LogP contribution < -0.4 is 5.32 Å². The predicted octanol–water partition coefficient (Wildman–Crippen LogP) is 1.37. The van der Waals surface area contributed by atoms with Crippen LogP contribution in [0.1, 0.15) is 13.3 Å². The van der Waals surface area contributed by atoms with E-state index in [1.807, 2.05) is 6.92 Å². The van der Waals surface area contributed by atoms with Crippen LogP contribution in [0.15, 0.2) is 0 Å². The number of aliphatic hydroxyl groups is 1. The maximum Gasteiger partial charge on any atom is 0.186 e. The van der Waals surface area contributed by atoms with E-state index in [1.54, 1.807) is 0 Å². The highest BCUT2D eigenvalue weighted by molar-refractivity contribution is 6.99. The third-order valence-corrected chi connectivity index (χ3v) is 2.32. The second-order valence-electron chi connectivity index (χ2n) is 2.35. The molecule has 1 unspecified atom stereocenters. The van der Waals surface area contributed by atoms with E-state index in [2.05, 4.69) is 14.1 Å². The average molecular weight is 208 g/mol. The van der Waals surface area contributed by atoms with Crippen molar-refractivity contribution in [3.05, 3.63) is 5.15 Å². The first-order valence-corrected chi connectivity index (χ1v) is 4.74. The molecule has 0 fully saturated rings. The number of halogens is 1.